The quantitative estimate of drug-likeness (QED) is 0.669. The summed E-state index contributed by atoms with van der Waals surface area (Å²) in [5.41, 5.74) is -0.112. The molecule has 4 nitrogen and oxygen atoms in total. The Balaban J connectivity index is 1.66. The maximum atomic E-state index is 14.1. The summed E-state index contributed by atoms with van der Waals surface area (Å²) in [5.74, 6) is -3.21. The molecule has 1 fully saturated rings. The molecule has 2 amide bonds. The normalized spacial score (nSPS) is 14.7. The van der Waals surface area contributed by atoms with E-state index >= 15 is 0 Å². The van der Waals surface area contributed by atoms with E-state index in [1.165, 1.54) is 18.2 Å². The third-order valence-electron chi connectivity index (χ3n) is 4.87. The van der Waals surface area contributed by atoms with Crippen LogP contribution < -0.4 is 10.6 Å². The summed E-state index contributed by atoms with van der Waals surface area (Å²) in [7, 11) is 0. The van der Waals surface area contributed by atoms with Crippen LogP contribution in [0.2, 0.25) is 0 Å². The summed E-state index contributed by atoms with van der Waals surface area (Å²) in [4.78, 5) is 24.4. The maximum Gasteiger partial charge on any atom is 0.248 e. The van der Waals surface area contributed by atoms with Crippen molar-refractivity contribution in [3.8, 4) is 0 Å². The van der Waals surface area contributed by atoms with E-state index < -0.39 is 23.4 Å². The zero-order valence-electron chi connectivity index (χ0n) is 15.7. The third kappa shape index (κ3) is 5.47. The fourth-order valence-electron chi connectivity index (χ4n) is 3.31. The highest BCUT2D eigenvalue weighted by Crippen LogP contribution is 2.26. The number of amides is 2. The second-order valence-corrected chi connectivity index (χ2v) is 6.98. The molecule has 1 saturated carbocycles. The number of carbonyl (C=O) groups is 2. The van der Waals surface area contributed by atoms with Gasteiger partial charge in [-0.2, -0.15) is 0 Å². The molecule has 0 aromatic heterocycles. The summed E-state index contributed by atoms with van der Waals surface area (Å²) in [5, 5.41) is 5.07. The molecule has 0 radical (unpaired) electrons. The van der Waals surface area contributed by atoms with Crippen LogP contribution in [0.25, 0.3) is 6.08 Å². The van der Waals surface area contributed by atoms with Gasteiger partial charge in [0.15, 0.2) is 0 Å². The van der Waals surface area contributed by atoms with Crippen LogP contribution in [0.5, 0.6) is 0 Å². The van der Waals surface area contributed by atoms with Crippen molar-refractivity contribution >= 4 is 29.3 Å². The van der Waals surface area contributed by atoms with Crippen molar-refractivity contribution in [3.63, 3.8) is 0 Å². The van der Waals surface area contributed by atoms with Crippen LogP contribution in [0.1, 0.15) is 37.7 Å². The van der Waals surface area contributed by atoms with E-state index in [1.807, 2.05) is 0 Å². The predicted octanol–water partition coefficient (Wildman–Crippen LogP) is 5.27. The molecule has 2 aromatic rings. The van der Waals surface area contributed by atoms with Gasteiger partial charge in [-0.1, -0.05) is 25.3 Å². The van der Waals surface area contributed by atoms with E-state index in [0.717, 1.165) is 62.5 Å². The number of halogens is 3. The second-order valence-electron chi connectivity index (χ2n) is 6.98. The Labute approximate surface area is 166 Å². The SMILES string of the molecule is O=C(/C=C/c1c(F)cccc1F)Nc1ccc(F)c(NC(=O)C2CCCCC2)c1. The highest BCUT2D eigenvalue weighted by Gasteiger charge is 2.22. The lowest BCUT2D eigenvalue weighted by atomic mass is 9.88. The van der Waals surface area contributed by atoms with E-state index in [9.17, 15) is 22.8 Å². The first-order valence-corrected chi connectivity index (χ1v) is 9.47. The van der Waals surface area contributed by atoms with Gasteiger partial charge in [-0.15, -0.1) is 0 Å². The van der Waals surface area contributed by atoms with Crippen molar-refractivity contribution in [3.05, 3.63) is 65.5 Å². The van der Waals surface area contributed by atoms with Gasteiger partial charge in [0, 0.05) is 23.2 Å². The van der Waals surface area contributed by atoms with Gasteiger partial charge in [0.2, 0.25) is 11.8 Å². The van der Waals surface area contributed by atoms with E-state index in [0.29, 0.717) is 0 Å². The molecule has 0 bridgehead atoms. The molecular formula is C22H21F3N2O2. The number of carbonyl (C=O) groups excluding carboxylic acids is 2. The smallest absolute Gasteiger partial charge is 0.248 e. The molecule has 0 atom stereocenters. The Morgan fingerprint density at radius 1 is 0.897 bits per heavy atom. The molecule has 3 rings (SSSR count). The molecule has 0 spiro atoms. The van der Waals surface area contributed by atoms with Gasteiger partial charge in [-0.05, 0) is 49.2 Å². The van der Waals surface area contributed by atoms with Crippen LogP contribution in [-0.2, 0) is 9.59 Å². The second kappa shape index (κ2) is 9.41. The zero-order chi connectivity index (χ0) is 20.8. The molecule has 0 aliphatic heterocycles. The fourth-order valence-corrected chi connectivity index (χ4v) is 3.31. The molecule has 0 saturated heterocycles. The van der Waals surface area contributed by atoms with Crippen molar-refractivity contribution in [2.24, 2.45) is 5.92 Å². The first-order chi connectivity index (χ1) is 13.9. The molecule has 0 heterocycles. The van der Waals surface area contributed by atoms with Crippen molar-refractivity contribution in [2.75, 3.05) is 10.6 Å². The van der Waals surface area contributed by atoms with Crippen molar-refractivity contribution in [1.29, 1.82) is 0 Å². The van der Waals surface area contributed by atoms with Crippen LogP contribution in [-0.4, -0.2) is 11.8 Å². The van der Waals surface area contributed by atoms with Gasteiger partial charge in [0.1, 0.15) is 17.5 Å². The predicted molar refractivity (Wildman–Crippen MR) is 106 cm³/mol. The highest BCUT2D eigenvalue weighted by molar-refractivity contribution is 6.02. The Bertz CT molecular complexity index is 917. The maximum absolute atomic E-state index is 14.1. The van der Waals surface area contributed by atoms with E-state index in [4.69, 9.17) is 0 Å². The lowest BCUT2D eigenvalue weighted by Gasteiger charge is -2.21. The largest absolute Gasteiger partial charge is 0.323 e. The summed E-state index contributed by atoms with van der Waals surface area (Å²) in [6.45, 7) is 0. The monoisotopic (exact) mass is 402 g/mol. The number of nitrogens with one attached hydrogen (secondary N) is 2. The standard InChI is InChI=1S/C22H21F3N2O2/c23-17-7-4-8-18(24)16(17)10-12-21(28)26-15-9-11-19(25)20(13-15)27-22(29)14-5-2-1-3-6-14/h4,7-14H,1-3,5-6H2,(H,26,28)(H,27,29)/b12-10+. The van der Waals surface area contributed by atoms with Gasteiger partial charge >= 0.3 is 0 Å². The number of benzene rings is 2. The Morgan fingerprint density at radius 3 is 2.28 bits per heavy atom. The highest BCUT2D eigenvalue weighted by atomic mass is 19.1. The lowest BCUT2D eigenvalue weighted by molar-refractivity contribution is -0.120. The van der Waals surface area contributed by atoms with Gasteiger partial charge in [-0.25, -0.2) is 13.2 Å². The van der Waals surface area contributed by atoms with Crippen LogP contribution in [0.3, 0.4) is 0 Å². The molecule has 1 aliphatic rings. The van der Waals surface area contributed by atoms with Crippen LogP contribution in [0, 0.1) is 23.4 Å². The lowest BCUT2D eigenvalue weighted by Crippen LogP contribution is -2.25. The van der Waals surface area contributed by atoms with E-state index in [2.05, 4.69) is 10.6 Å². The number of hydrogen-bond donors (Lipinski definition) is 2. The van der Waals surface area contributed by atoms with Gasteiger partial charge in [0.05, 0.1) is 5.69 Å². The van der Waals surface area contributed by atoms with Crippen LogP contribution in [0.4, 0.5) is 24.5 Å². The van der Waals surface area contributed by atoms with Gasteiger partial charge in [-0.3, -0.25) is 9.59 Å². The molecule has 2 aromatic carbocycles. The minimum atomic E-state index is -0.788. The molecule has 0 unspecified atom stereocenters. The Morgan fingerprint density at radius 2 is 1.59 bits per heavy atom. The molecule has 29 heavy (non-hydrogen) atoms. The van der Waals surface area contributed by atoms with E-state index in [1.54, 1.807) is 0 Å². The van der Waals surface area contributed by atoms with Crippen molar-refractivity contribution in [1.82, 2.24) is 0 Å². The Hall–Kier alpha value is -3.09. The molecule has 152 valence electrons. The summed E-state index contributed by atoms with van der Waals surface area (Å²) < 4.78 is 41.3. The van der Waals surface area contributed by atoms with Crippen LogP contribution >= 0.6 is 0 Å². The zero-order valence-corrected chi connectivity index (χ0v) is 15.7. The third-order valence-corrected chi connectivity index (χ3v) is 4.87. The minimum absolute atomic E-state index is 0.0255. The summed E-state index contributed by atoms with van der Waals surface area (Å²) in [6.07, 6.45) is 6.62. The minimum Gasteiger partial charge on any atom is -0.323 e. The molecule has 2 N–H and O–H groups in total. The summed E-state index contributed by atoms with van der Waals surface area (Å²) >= 11 is 0. The molecule has 1 aliphatic carbocycles. The van der Waals surface area contributed by atoms with E-state index in [-0.39, 0.29) is 28.8 Å². The number of anilines is 2. The van der Waals surface area contributed by atoms with Crippen molar-refractivity contribution in [2.45, 2.75) is 32.1 Å². The number of hydrogen-bond acceptors (Lipinski definition) is 2. The first-order valence-electron chi connectivity index (χ1n) is 9.47. The topological polar surface area (TPSA) is 58.2 Å². The fraction of sp³-hybridized carbons (Fsp3) is 0.273. The van der Waals surface area contributed by atoms with Gasteiger partial charge < -0.3 is 10.6 Å². The first kappa shape index (κ1) is 20.6. The van der Waals surface area contributed by atoms with Crippen molar-refractivity contribution < 1.29 is 22.8 Å². The number of rotatable bonds is 5. The average molecular weight is 402 g/mol. The van der Waals surface area contributed by atoms with Crippen LogP contribution in [0.15, 0.2) is 42.5 Å². The molecule has 7 heteroatoms. The Kier molecular flexibility index (Phi) is 6.69. The average Bonchev–Trinajstić information content (AvgIpc) is 2.71. The van der Waals surface area contributed by atoms with Gasteiger partial charge in [0.25, 0.3) is 0 Å². The summed E-state index contributed by atoms with van der Waals surface area (Å²) in [6, 6.07) is 7.17. The molecular weight excluding hydrogens is 381 g/mol.